The third kappa shape index (κ3) is 2.01. The van der Waals surface area contributed by atoms with E-state index in [4.69, 9.17) is 5.73 Å². The van der Waals surface area contributed by atoms with Gasteiger partial charge in [0.2, 0.25) is 0 Å². The summed E-state index contributed by atoms with van der Waals surface area (Å²) in [7, 11) is 0. The molecule has 1 aliphatic carbocycles. The summed E-state index contributed by atoms with van der Waals surface area (Å²) in [5.41, 5.74) is 5.68. The van der Waals surface area contributed by atoms with Crippen LogP contribution >= 0.6 is 12.4 Å². The monoisotopic (exact) mass is 220 g/mol. The molecular weight excluding hydrogens is 210 g/mol. The first-order chi connectivity index (χ1) is 6.20. The minimum absolute atomic E-state index is 0. The lowest BCUT2D eigenvalue weighted by Crippen LogP contribution is -2.16. The number of hydrogen-bond donors (Lipinski definition) is 1. The van der Waals surface area contributed by atoms with Gasteiger partial charge in [0.1, 0.15) is 11.6 Å². The summed E-state index contributed by atoms with van der Waals surface area (Å²) in [6.07, 6.45) is 3.92. The smallest absolute Gasteiger partial charge is 0.149 e. The van der Waals surface area contributed by atoms with Crippen LogP contribution in [0.15, 0.2) is 12.4 Å². The summed E-state index contributed by atoms with van der Waals surface area (Å²) < 4.78 is 26.2. The number of nitrogens with two attached hydrogens (primary N) is 1. The highest BCUT2D eigenvalue weighted by Gasteiger charge is 2.32. The number of pyridine rings is 1. The molecule has 0 aliphatic heterocycles. The molecule has 0 aromatic carbocycles. The Bertz CT molecular complexity index is 308. The van der Waals surface area contributed by atoms with Crippen LogP contribution in [0.3, 0.4) is 0 Å². The Morgan fingerprint density at radius 2 is 1.79 bits per heavy atom. The first kappa shape index (κ1) is 11.3. The van der Waals surface area contributed by atoms with Crippen LogP contribution in [0.1, 0.15) is 24.4 Å². The lowest BCUT2D eigenvalue weighted by molar-refractivity contribution is 0.497. The van der Waals surface area contributed by atoms with E-state index in [9.17, 15) is 8.78 Å². The van der Waals surface area contributed by atoms with Gasteiger partial charge in [-0.1, -0.05) is 0 Å². The summed E-state index contributed by atoms with van der Waals surface area (Å²) in [4.78, 5) is 3.40. The molecule has 0 saturated heterocycles. The van der Waals surface area contributed by atoms with Gasteiger partial charge in [0.05, 0.1) is 12.4 Å². The van der Waals surface area contributed by atoms with E-state index in [0.717, 1.165) is 25.2 Å². The van der Waals surface area contributed by atoms with Gasteiger partial charge in [0, 0.05) is 11.6 Å². The number of halogens is 3. The van der Waals surface area contributed by atoms with Crippen LogP contribution in [-0.4, -0.2) is 4.98 Å². The van der Waals surface area contributed by atoms with Gasteiger partial charge < -0.3 is 5.73 Å². The van der Waals surface area contributed by atoms with E-state index in [1.54, 1.807) is 0 Å². The maximum absolute atomic E-state index is 13.1. The summed E-state index contributed by atoms with van der Waals surface area (Å²) in [5, 5.41) is 0. The first-order valence-electron chi connectivity index (χ1n) is 4.24. The van der Waals surface area contributed by atoms with Crippen LogP contribution in [0.5, 0.6) is 0 Å². The fourth-order valence-corrected chi connectivity index (χ4v) is 1.43. The molecule has 0 bridgehead atoms. The zero-order chi connectivity index (χ0) is 9.42. The van der Waals surface area contributed by atoms with Crippen molar-refractivity contribution in [3.05, 3.63) is 29.6 Å². The molecule has 1 fully saturated rings. The quantitative estimate of drug-likeness (QED) is 0.830. The Balaban J connectivity index is 0.000000980. The summed E-state index contributed by atoms with van der Waals surface area (Å²) in [6.45, 7) is 0. The number of nitrogens with zero attached hydrogens (tertiary/aromatic N) is 1. The fraction of sp³-hybridized carbons (Fsp3) is 0.444. The van der Waals surface area contributed by atoms with E-state index < -0.39 is 17.7 Å². The van der Waals surface area contributed by atoms with E-state index in [2.05, 4.69) is 4.98 Å². The van der Waals surface area contributed by atoms with Crippen molar-refractivity contribution in [2.24, 2.45) is 11.7 Å². The van der Waals surface area contributed by atoms with Crippen LogP contribution in [0.2, 0.25) is 0 Å². The second-order valence-corrected chi connectivity index (χ2v) is 3.38. The van der Waals surface area contributed by atoms with Crippen molar-refractivity contribution < 1.29 is 8.78 Å². The van der Waals surface area contributed by atoms with Gasteiger partial charge in [-0.2, -0.15) is 0 Å². The Labute approximate surface area is 86.9 Å². The lowest BCUT2D eigenvalue weighted by Gasteiger charge is -2.11. The van der Waals surface area contributed by atoms with Gasteiger partial charge in [-0.15, -0.1) is 12.4 Å². The molecule has 2 rings (SSSR count). The van der Waals surface area contributed by atoms with Gasteiger partial charge in [-0.25, -0.2) is 8.78 Å². The van der Waals surface area contributed by atoms with Gasteiger partial charge in [0.25, 0.3) is 0 Å². The molecule has 1 aliphatic rings. The third-order valence-electron chi connectivity index (χ3n) is 2.35. The van der Waals surface area contributed by atoms with Crippen LogP contribution in [0, 0.1) is 17.6 Å². The summed E-state index contributed by atoms with van der Waals surface area (Å²) in [6, 6.07) is -0.511. The zero-order valence-electron chi connectivity index (χ0n) is 7.41. The van der Waals surface area contributed by atoms with Crippen LogP contribution in [0.25, 0.3) is 0 Å². The van der Waals surface area contributed by atoms with Crippen molar-refractivity contribution in [3.8, 4) is 0 Å². The van der Waals surface area contributed by atoms with Crippen molar-refractivity contribution in [1.29, 1.82) is 0 Å². The van der Waals surface area contributed by atoms with Gasteiger partial charge in [0.15, 0.2) is 0 Å². The summed E-state index contributed by atoms with van der Waals surface area (Å²) >= 11 is 0. The molecule has 1 saturated carbocycles. The lowest BCUT2D eigenvalue weighted by atomic mass is 10.0. The highest BCUT2D eigenvalue weighted by molar-refractivity contribution is 5.85. The molecule has 1 aromatic rings. The number of rotatable bonds is 2. The molecule has 1 heterocycles. The molecule has 1 atom stereocenters. The molecule has 5 heteroatoms. The van der Waals surface area contributed by atoms with Crippen molar-refractivity contribution in [2.45, 2.75) is 18.9 Å². The Morgan fingerprint density at radius 3 is 2.21 bits per heavy atom. The zero-order valence-corrected chi connectivity index (χ0v) is 8.23. The number of aromatic nitrogens is 1. The summed E-state index contributed by atoms with van der Waals surface area (Å²) in [5.74, 6) is -1.04. The van der Waals surface area contributed by atoms with Crippen LogP contribution in [0.4, 0.5) is 8.78 Å². The molecule has 14 heavy (non-hydrogen) atoms. The highest BCUT2D eigenvalue weighted by Crippen LogP contribution is 2.40. The predicted octanol–water partition coefficient (Wildman–Crippen LogP) is 2.19. The van der Waals surface area contributed by atoms with Crippen molar-refractivity contribution in [1.82, 2.24) is 4.98 Å². The van der Waals surface area contributed by atoms with E-state index >= 15 is 0 Å². The van der Waals surface area contributed by atoms with E-state index in [1.807, 2.05) is 0 Å². The van der Waals surface area contributed by atoms with Crippen molar-refractivity contribution in [3.63, 3.8) is 0 Å². The SMILES string of the molecule is Cl.N[C@H](c1c(F)cncc1F)C1CC1. The molecule has 1 aromatic heterocycles. The standard InChI is InChI=1S/C9H10F2N2.ClH/c10-6-3-13-4-7(11)8(6)9(12)5-1-2-5;/h3-5,9H,1-2,12H2;1H/t9-;/m0./s1. The molecule has 2 N–H and O–H groups in total. The molecule has 0 spiro atoms. The number of hydrogen-bond acceptors (Lipinski definition) is 2. The highest BCUT2D eigenvalue weighted by atomic mass is 35.5. The molecule has 0 radical (unpaired) electrons. The van der Waals surface area contributed by atoms with Crippen molar-refractivity contribution in [2.75, 3.05) is 0 Å². The maximum Gasteiger partial charge on any atom is 0.149 e. The van der Waals surface area contributed by atoms with Crippen LogP contribution in [-0.2, 0) is 0 Å². The van der Waals surface area contributed by atoms with Gasteiger partial charge in [-0.3, -0.25) is 4.98 Å². The minimum atomic E-state index is -0.639. The molecular formula is C9H11ClF2N2. The average Bonchev–Trinajstić information content (AvgIpc) is 2.85. The normalized spacial score (nSPS) is 17.4. The fourth-order valence-electron chi connectivity index (χ4n) is 1.43. The Kier molecular flexibility index (Phi) is 3.39. The molecule has 2 nitrogen and oxygen atoms in total. The van der Waals surface area contributed by atoms with Crippen LogP contribution < -0.4 is 5.73 Å². The second-order valence-electron chi connectivity index (χ2n) is 3.38. The minimum Gasteiger partial charge on any atom is -0.324 e. The largest absolute Gasteiger partial charge is 0.324 e. The van der Waals surface area contributed by atoms with E-state index in [-0.39, 0.29) is 23.9 Å². The maximum atomic E-state index is 13.1. The first-order valence-corrected chi connectivity index (χ1v) is 4.24. The average molecular weight is 221 g/mol. The van der Waals surface area contributed by atoms with Gasteiger partial charge >= 0.3 is 0 Å². The predicted molar refractivity (Wildman–Crippen MR) is 51.1 cm³/mol. The molecule has 0 amide bonds. The third-order valence-corrected chi connectivity index (χ3v) is 2.35. The van der Waals surface area contributed by atoms with E-state index in [0.29, 0.717) is 0 Å². The van der Waals surface area contributed by atoms with Crippen molar-refractivity contribution >= 4 is 12.4 Å². The Hall–Kier alpha value is -0.740. The molecule has 0 unspecified atom stereocenters. The molecule has 78 valence electrons. The Morgan fingerprint density at radius 1 is 1.29 bits per heavy atom. The van der Waals surface area contributed by atoms with E-state index in [1.165, 1.54) is 0 Å². The van der Waals surface area contributed by atoms with Gasteiger partial charge in [-0.05, 0) is 18.8 Å². The topological polar surface area (TPSA) is 38.9 Å². The second kappa shape index (κ2) is 4.19.